The van der Waals surface area contributed by atoms with Gasteiger partial charge in [-0.05, 0) is 36.5 Å². The topological polar surface area (TPSA) is 69.6 Å². The largest absolute Gasteiger partial charge is 0.396 e. The van der Waals surface area contributed by atoms with Gasteiger partial charge in [0.05, 0.1) is 5.41 Å². The number of hydrogen-bond donors (Lipinski definition) is 2. The minimum absolute atomic E-state index is 0.0377. The van der Waals surface area contributed by atoms with Crippen LogP contribution in [0.25, 0.3) is 0 Å². The Labute approximate surface area is 160 Å². The molecule has 3 rings (SSSR count). The number of amides is 2. The number of anilines is 1. The van der Waals surface area contributed by atoms with E-state index < -0.39 is 5.41 Å². The Hall–Kier alpha value is -2.66. The first kappa shape index (κ1) is 19.1. The van der Waals surface area contributed by atoms with Crippen molar-refractivity contribution in [3.8, 4) is 0 Å². The highest BCUT2D eigenvalue weighted by Gasteiger charge is 2.49. The van der Waals surface area contributed by atoms with Crippen LogP contribution in [-0.2, 0) is 21.4 Å². The fourth-order valence-corrected chi connectivity index (χ4v) is 3.88. The number of benzene rings is 2. The van der Waals surface area contributed by atoms with Crippen LogP contribution in [0.4, 0.5) is 5.69 Å². The zero-order valence-corrected chi connectivity index (χ0v) is 15.6. The maximum absolute atomic E-state index is 13.3. The highest BCUT2D eigenvalue weighted by molar-refractivity contribution is 6.08. The monoisotopic (exact) mass is 366 g/mol. The average Bonchev–Trinajstić information content (AvgIpc) is 2.90. The van der Waals surface area contributed by atoms with Crippen LogP contribution in [0.3, 0.4) is 0 Å². The summed E-state index contributed by atoms with van der Waals surface area (Å²) in [7, 11) is 1.80. The second-order valence-corrected chi connectivity index (χ2v) is 7.05. The molecule has 0 bridgehead atoms. The molecule has 5 heteroatoms. The quantitative estimate of drug-likeness (QED) is 0.705. The predicted octanol–water partition coefficient (Wildman–Crippen LogP) is 2.42. The van der Waals surface area contributed by atoms with Gasteiger partial charge in [-0.15, -0.1) is 0 Å². The fourth-order valence-electron chi connectivity index (χ4n) is 3.88. The molecule has 0 radical (unpaired) electrons. The first-order valence-corrected chi connectivity index (χ1v) is 9.37. The number of nitrogens with one attached hydrogen (secondary N) is 1. The molecule has 0 fully saturated rings. The lowest BCUT2D eigenvalue weighted by molar-refractivity contribution is -0.124. The SMILES string of the molecule is CN1C(=O)[C@](CCC(=O)NCCCO)(Cc2ccccc2)c2ccccc21. The second-order valence-electron chi connectivity index (χ2n) is 7.05. The van der Waals surface area contributed by atoms with Gasteiger partial charge in [-0.2, -0.15) is 0 Å². The number of carbonyl (C=O) groups is 2. The van der Waals surface area contributed by atoms with Gasteiger partial charge in [-0.1, -0.05) is 48.5 Å². The van der Waals surface area contributed by atoms with Crippen LogP contribution in [0.2, 0.25) is 0 Å². The third-order valence-electron chi connectivity index (χ3n) is 5.28. The number of likely N-dealkylation sites (N-methyl/N-ethyl adjacent to an activating group) is 1. The van der Waals surface area contributed by atoms with Crippen LogP contribution in [0.5, 0.6) is 0 Å². The third kappa shape index (κ3) is 3.88. The minimum Gasteiger partial charge on any atom is -0.396 e. The van der Waals surface area contributed by atoms with Crippen molar-refractivity contribution in [2.24, 2.45) is 0 Å². The van der Waals surface area contributed by atoms with Crippen LogP contribution in [-0.4, -0.2) is 37.1 Å². The second kappa shape index (κ2) is 8.35. The van der Waals surface area contributed by atoms with E-state index in [1.54, 1.807) is 11.9 Å². The van der Waals surface area contributed by atoms with Crippen molar-refractivity contribution in [2.45, 2.75) is 31.1 Å². The van der Waals surface area contributed by atoms with E-state index in [0.717, 1.165) is 16.8 Å². The van der Waals surface area contributed by atoms with Gasteiger partial charge in [0, 0.05) is 32.3 Å². The van der Waals surface area contributed by atoms with Crippen molar-refractivity contribution in [1.29, 1.82) is 0 Å². The molecule has 27 heavy (non-hydrogen) atoms. The van der Waals surface area contributed by atoms with Gasteiger partial charge in [0.1, 0.15) is 0 Å². The summed E-state index contributed by atoms with van der Waals surface area (Å²) in [6, 6.07) is 17.8. The molecule has 0 aromatic heterocycles. The van der Waals surface area contributed by atoms with E-state index in [2.05, 4.69) is 5.32 Å². The van der Waals surface area contributed by atoms with Crippen LogP contribution in [0.1, 0.15) is 30.4 Å². The zero-order chi connectivity index (χ0) is 19.3. The lowest BCUT2D eigenvalue weighted by Gasteiger charge is -2.28. The third-order valence-corrected chi connectivity index (χ3v) is 5.28. The first-order chi connectivity index (χ1) is 13.1. The predicted molar refractivity (Wildman–Crippen MR) is 106 cm³/mol. The molecule has 2 aromatic rings. The first-order valence-electron chi connectivity index (χ1n) is 9.37. The van der Waals surface area contributed by atoms with Gasteiger partial charge in [0.25, 0.3) is 0 Å². The van der Waals surface area contributed by atoms with Gasteiger partial charge < -0.3 is 15.3 Å². The van der Waals surface area contributed by atoms with Crippen LogP contribution in [0.15, 0.2) is 54.6 Å². The number of hydrogen-bond acceptors (Lipinski definition) is 3. The van der Waals surface area contributed by atoms with Crippen LogP contribution in [0, 0.1) is 0 Å². The Kier molecular flexibility index (Phi) is 5.91. The minimum atomic E-state index is -0.735. The molecular weight excluding hydrogens is 340 g/mol. The maximum Gasteiger partial charge on any atom is 0.237 e. The van der Waals surface area contributed by atoms with E-state index in [9.17, 15) is 9.59 Å². The van der Waals surface area contributed by atoms with E-state index in [0.29, 0.717) is 25.8 Å². The Morgan fingerprint density at radius 1 is 1.11 bits per heavy atom. The van der Waals surface area contributed by atoms with Crippen LogP contribution >= 0.6 is 0 Å². The zero-order valence-electron chi connectivity index (χ0n) is 15.6. The summed E-state index contributed by atoms with van der Waals surface area (Å²) >= 11 is 0. The molecule has 0 saturated carbocycles. The van der Waals surface area contributed by atoms with Crippen molar-refractivity contribution in [1.82, 2.24) is 5.32 Å². The number of nitrogens with zero attached hydrogens (tertiary/aromatic N) is 1. The molecular formula is C22H26N2O3. The summed E-state index contributed by atoms with van der Waals surface area (Å²) in [5.74, 6) is -0.0496. The van der Waals surface area contributed by atoms with Gasteiger partial charge in [0.2, 0.25) is 11.8 Å². The molecule has 0 unspecified atom stereocenters. The van der Waals surface area contributed by atoms with E-state index in [4.69, 9.17) is 5.11 Å². The van der Waals surface area contributed by atoms with E-state index >= 15 is 0 Å². The Morgan fingerprint density at radius 2 is 1.81 bits per heavy atom. The molecule has 2 aromatic carbocycles. The molecule has 1 aliphatic heterocycles. The van der Waals surface area contributed by atoms with Crippen molar-refractivity contribution >= 4 is 17.5 Å². The normalized spacial score (nSPS) is 18.4. The number of para-hydroxylation sites is 1. The van der Waals surface area contributed by atoms with Gasteiger partial charge >= 0.3 is 0 Å². The van der Waals surface area contributed by atoms with Gasteiger partial charge in [-0.3, -0.25) is 9.59 Å². The molecule has 0 spiro atoms. The number of aliphatic hydroxyl groups excluding tert-OH is 1. The van der Waals surface area contributed by atoms with Crippen molar-refractivity contribution in [3.63, 3.8) is 0 Å². The molecule has 0 saturated heterocycles. The van der Waals surface area contributed by atoms with E-state index in [1.165, 1.54) is 0 Å². The summed E-state index contributed by atoms with van der Waals surface area (Å²) in [4.78, 5) is 27.3. The summed E-state index contributed by atoms with van der Waals surface area (Å²) in [6.07, 6.45) is 1.82. The van der Waals surface area contributed by atoms with Crippen molar-refractivity contribution < 1.29 is 14.7 Å². The van der Waals surface area contributed by atoms with Gasteiger partial charge in [0.15, 0.2) is 0 Å². The Morgan fingerprint density at radius 3 is 2.56 bits per heavy atom. The fraction of sp³-hybridized carbons (Fsp3) is 0.364. The summed E-state index contributed by atoms with van der Waals surface area (Å²) in [6.45, 7) is 0.500. The molecule has 5 nitrogen and oxygen atoms in total. The molecule has 1 aliphatic rings. The summed E-state index contributed by atoms with van der Waals surface area (Å²) in [5.41, 5.74) is 2.25. The lowest BCUT2D eigenvalue weighted by Crippen LogP contribution is -2.41. The Bertz CT molecular complexity index is 806. The highest BCUT2D eigenvalue weighted by atomic mass is 16.3. The molecule has 1 heterocycles. The van der Waals surface area contributed by atoms with Crippen molar-refractivity contribution in [2.75, 3.05) is 25.1 Å². The van der Waals surface area contributed by atoms with Crippen LogP contribution < -0.4 is 10.2 Å². The summed E-state index contributed by atoms with van der Waals surface area (Å²) < 4.78 is 0. The number of aliphatic hydroxyl groups is 1. The van der Waals surface area contributed by atoms with E-state index in [-0.39, 0.29) is 24.8 Å². The molecule has 2 amide bonds. The highest BCUT2D eigenvalue weighted by Crippen LogP contribution is 2.46. The standard InChI is InChI=1S/C22H26N2O3/c1-24-19-11-6-5-10-18(19)22(21(24)27,16-17-8-3-2-4-9-17)13-12-20(26)23-14-7-15-25/h2-6,8-11,25H,7,12-16H2,1H3,(H,23,26)/t22-/m1/s1. The smallest absolute Gasteiger partial charge is 0.237 e. The lowest BCUT2D eigenvalue weighted by atomic mass is 9.73. The average molecular weight is 366 g/mol. The number of fused-ring (bicyclic) bond motifs is 1. The number of rotatable bonds is 8. The van der Waals surface area contributed by atoms with Gasteiger partial charge in [-0.25, -0.2) is 0 Å². The number of carbonyl (C=O) groups excluding carboxylic acids is 2. The van der Waals surface area contributed by atoms with E-state index in [1.807, 2.05) is 54.6 Å². The summed E-state index contributed by atoms with van der Waals surface area (Å²) in [5, 5.41) is 11.7. The molecule has 1 atom stereocenters. The maximum atomic E-state index is 13.3. The Balaban J connectivity index is 1.89. The van der Waals surface area contributed by atoms with Crippen molar-refractivity contribution in [3.05, 3.63) is 65.7 Å². The molecule has 142 valence electrons. The molecule has 0 aliphatic carbocycles. The molecule has 2 N–H and O–H groups in total.